The summed E-state index contributed by atoms with van der Waals surface area (Å²) in [6.45, 7) is -0.398. The predicted molar refractivity (Wildman–Crippen MR) is 158 cm³/mol. The van der Waals surface area contributed by atoms with Crippen molar-refractivity contribution in [1.29, 1.82) is 0 Å². The minimum absolute atomic E-state index is 0.0345. The van der Waals surface area contributed by atoms with Crippen molar-refractivity contribution in [3.63, 3.8) is 0 Å². The van der Waals surface area contributed by atoms with Crippen LogP contribution in [0.3, 0.4) is 0 Å². The number of halogens is 2. The molecule has 0 saturated heterocycles. The molecule has 8 N–H and O–H groups in total. The number of nitrogens with two attached hydrogens (primary N) is 1. The largest absolute Gasteiger partial charge is 0.504 e. The second-order valence-electron chi connectivity index (χ2n) is 8.76. The Morgan fingerprint density at radius 3 is 1.67 bits per heavy atom. The number of ether oxygens (including phenoxy) is 2. The van der Waals surface area contributed by atoms with Gasteiger partial charge in [0.05, 0.1) is 22.8 Å². The first-order valence-corrected chi connectivity index (χ1v) is 15.2. The number of phenolic OH excluding ortho intramolecular Hbond substituents is 4. The summed E-state index contributed by atoms with van der Waals surface area (Å²) >= 11 is 13.9. The number of fused-ring (bicyclic) bond motifs is 1. The zero-order chi connectivity index (χ0) is 31.5. The Kier molecular flexibility index (Phi) is 9.62. The van der Waals surface area contributed by atoms with Crippen LogP contribution in [-0.2, 0) is 10.0 Å². The second-order valence-corrected chi connectivity index (χ2v) is 12.4. The summed E-state index contributed by atoms with van der Waals surface area (Å²) < 4.78 is 35.5. The molecule has 0 bridgehead atoms. The Morgan fingerprint density at radius 1 is 0.767 bits per heavy atom. The summed E-state index contributed by atoms with van der Waals surface area (Å²) in [5.74, 6) is -2.95. The summed E-state index contributed by atoms with van der Waals surface area (Å²) in [5, 5.41) is 48.6. The van der Waals surface area contributed by atoms with Crippen LogP contribution >= 0.6 is 34.5 Å². The van der Waals surface area contributed by atoms with Crippen LogP contribution in [0.5, 0.6) is 34.5 Å². The number of hydrogen-bond acceptors (Lipinski definition) is 11. The topological polar surface area (TPSA) is 218 Å². The van der Waals surface area contributed by atoms with Gasteiger partial charge in [-0.15, -0.1) is 11.3 Å². The van der Waals surface area contributed by atoms with E-state index in [0.29, 0.717) is 0 Å². The minimum atomic E-state index is -4.09. The Bertz CT molecular complexity index is 1720. The lowest BCUT2D eigenvalue weighted by Crippen LogP contribution is -2.28. The fraction of sp³-hybridized carbons (Fsp3) is 0.154. The molecule has 0 atom stereocenters. The highest BCUT2D eigenvalue weighted by Gasteiger charge is 2.25. The molecule has 0 spiro atoms. The summed E-state index contributed by atoms with van der Waals surface area (Å²) in [7, 11) is -4.09. The van der Waals surface area contributed by atoms with Crippen molar-refractivity contribution in [2.75, 3.05) is 26.3 Å². The molecule has 0 aliphatic carbocycles. The van der Waals surface area contributed by atoms with Gasteiger partial charge in [0.2, 0.25) is 10.0 Å². The van der Waals surface area contributed by atoms with E-state index in [2.05, 4.69) is 10.6 Å². The van der Waals surface area contributed by atoms with Crippen LogP contribution in [0.1, 0.15) is 20.7 Å². The fourth-order valence-electron chi connectivity index (χ4n) is 3.69. The van der Waals surface area contributed by atoms with Crippen molar-refractivity contribution >= 4 is 66.5 Å². The molecule has 0 unspecified atom stereocenters. The molecule has 4 aromatic rings. The van der Waals surface area contributed by atoms with Gasteiger partial charge in [0.15, 0.2) is 34.5 Å². The number of carbonyl (C=O) groups is 2. The minimum Gasteiger partial charge on any atom is -0.504 e. The molecule has 1 aromatic heterocycles. The number of nitrogens with one attached hydrogen (secondary N) is 2. The molecule has 0 radical (unpaired) electrons. The number of benzene rings is 3. The number of hydrogen-bond donors (Lipinski definition) is 7. The molecule has 43 heavy (non-hydrogen) atoms. The Balaban J connectivity index is 1.50. The molecule has 13 nitrogen and oxygen atoms in total. The fourth-order valence-corrected chi connectivity index (χ4v) is 6.22. The van der Waals surface area contributed by atoms with Crippen LogP contribution in [0.25, 0.3) is 10.1 Å². The number of thiophene rings is 1. The average molecular weight is 673 g/mol. The van der Waals surface area contributed by atoms with Gasteiger partial charge in [-0.2, -0.15) is 0 Å². The van der Waals surface area contributed by atoms with E-state index in [1.165, 1.54) is 18.2 Å². The van der Waals surface area contributed by atoms with Gasteiger partial charge in [-0.05, 0) is 42.5 Å². The van der Waals surface area contributed by atoms with E-state index in [-0.39, 0.29) is 84.8 Å². The SMILES string of the molecule is NS(=O)(=O)c1cc2c(Cl)c(OCCNC(=O)c3ccc(O)c(O)c3)c(OCCNC(=O)c3ccc(O)c(O)c3)c(Cl)c2s1. The van der Waals surface area contributed by atoms with Crippen molar-refractivity contribution in [1.82, 2.24) is 10.6 Å². The van der Waals surface area contributed by atoms with Gasteiger partial charge >= 0.3 is 0 Å². The second kappa shape index (κ2) is 13.0. The maximum Gasteiger partial charge on any atom is 0.251 e. The third kappa shape index (κ3) is 7.26. The monoisotopic (exact) mass is 671 g/mol. The summed E-state index contributed by atoms with van der Waals surface area (Å²) in [5.41, 5.74) is 0.167. The van der Waals surface area contributed by atoms with Crippen LogP contribution in [-0.4, -0.2) is 67.0 Å². The lowest BCUT2D eigenvalue weighted by Gasteiger charge is -2.17. The summed E-state index contributed by atoms with van der Waals surface area (Å²) in [6, 6.07) is 8.36. The van der Waals surface area contributed by atoms with E-state index in [1.807, 2.05) is 0 Å². The number of amides is 2. The van der Waals surface area contributed by atoms with Crippen LogP contribution in [0, 0.1) is 0 Å². The van der Waals surface area contributed by atoms with Gasteiger partial charge in [-0.3, -0.25) is 9.59 Å². The van der Waals surface area contributed by atoms with Crippen molar-refractivity contribution < 1.29 is 47.9 Å². The lowest BCUT2D eigenvalue weighted by atomic mass is 10.2. The molecule has 2 amide bonds. The molecular weight excluding hydrogens is 649 g/mol. The molecule has 17 heteroatoms. The van der Waals surface area contributed by atoms with E-state index >= 15 is 0 Å². The first-order chi connectivity index (χ1) is 20.3. The standard InChI is InChI=1S/C26H23Cl2N3O10S2/c27-20-14-11-19(43(29,38)39)42-24(14)21(28)23(41-8-6-31-26(37)13-2-4-16(33)18(35)10-13)22(20)40-7-5-30-25(36)12-1-3-15(32)17(34)9-12/h1-4,9-11,32-35H,5-8H2,(H,30,36)(H,31,37)(H2,29,38,39). The van der Waals surface area contributed by atoms with E-state index < -0.39 is 33.3 Å². The number of primary sulfonamides is 1. The first-order valence-electron chi connectivity index (χ1n) is 12.1. The van der Waals surface area contributed by atoms with Crippen molar-refractivity contribution in [3.8, 4) is 34.5 Å². The van der Waals surface area contributed by atoms with E-state index in [9.17, 15) is 38.4 Å². The van der Waals surface area contributed by atoms with E-state index in [0.717, 1.165) is 35.6 Å². The summed E-state index contributed by atoms with van der Waals surface area (Å²) in [6.07, 6.45) is 0. The highest BCUT2D eigenvalue weighted by atomic mass is 35.5. The molecule has 0 fully saturated rings. The number of phenols is 4. The number of aromatic hydroxyl groups is 4. The third-order valence-electron chi connectivity index (χ3n) is 5.77. The Morgan fingerprint density at radius 2 is 1.23 bits per heavy atom. The lowest BCUT2D eigenvalue weighted by molar-refractivity contribution is 0.0936. The molecule has 1 heterocycles. The zero-order valence-corrected chi connectivity index (χ0v) is 24.9. The number of rotatable bonds is 11. The van der Waals surface area contributed by atoms with Crippen LogP contribution in [0.15, 0.2) is 46.7 Å². The highest BCUT2D eigenvalue weighted by molar-refractivity contribution is 7.91. The maximum absolute atomic E-state index is 12.4. The van der Waals surface area contributed by atoms with Crippen molar-refractivity contribution in [3.05, 3.63) is 63.6 Å². The van der Waals surface area contributed by atoms with Gasteiger partial charge in [-0.25, -0.2) is 13.6 Å². The Hall–Kier alpha value is -4.15. The molecule has 0 aliphatic heterocycles. The molecule has 3 aromatic carbocycles. The molecular formula is C26H23Cl2N3O10S2. The zero-order valence-electron chi connectivity index (χ0n) is 21.8. The summed E-state index contributed by atoms with van der Waals surface area (Å²) in [4.78, 5) is 24.8. The van der Waals surface area contributed by atoms with Crippen molar-refractivity contribution in [2.45, 2.75) is 4.21 Å². The van der Waals surface area contributed by atoms with Gasteiger partial charge in [0.1, 0.15) is 22.4 Å². The smallest absolute Gasteiger partial charge is 0.251 e. The molecule has 0 aliphatic rings. The molecule has 0 saturated carbocycles. The van der Waals surface area contributed by atoms with E-state index in [4.69, 9.17) is 37.8 Å². The van der Waals surface area contributed by atoms with Gasteiger partial charge in [0.25, 0.3) is 11.8 Å². The first kappa shape index (κ1) is 31.8. The predicted octanol–water partition coefficient (Wildman–Crippen LogP) is 3.30. The maximum atomic E-state index is 12.4. The number of sulfonamides is 1. The van der Waals surface area contributed by atoms with Gasteiger partial charge < -0.3 is 40.5 Å². The van der Waals surface area contributed by atoms with Gasteiger partial charge in [-0.1, -0.05) is 23.2 Å². The van der Waals surface area contributed by atoms with E-state index in [1.54, 1.807) is 0 Å². The normalized spacial score (nSPS) is 11.3. The van der Waals surface area contributed by atoms with Crippen LogP contribution in [0.4, 0.5) is 0 Å². The third-order valence-corrected chi connectivity index (χ3v) is 9.19. The molecule has 4 rings (SSSR count). The average Bonchev–Trinajstić information content (AvgIpc) is 3.42. The number of carbonyl (C=O) groups excluding carboxylic acids is 2. The highest BCUT2D eigenvalue weighted by Crippen LogP contribution is 2.50. The quantitative estimate of drug-likeness (QED) is 0.0911. The van der Waals surface area contributed by atoms with Crippen molar-refractivity contribution in [2.24, 2.45) is 5.14 Å². The van der Waals surface area contributed by atoms with Crippen LogP contribution in [0.2, 0.25) is 10.0 Å². The van der Waals surface area contributed by atoms with Crippen LogP contribution < -0.4 is 25.2 Å². The Labute approximate surface area is 258 Å². The molecule has 228 valence electrons. The van der Waals surface area contributed by atoms with Gasteiger partial charge in [0, 0.05) is 16.5 Å².